The van der Waals surface area contributed by atoms with Gasteiger partial charge in [-0.1, -0.05) is 0 Å². The maximum atomic E-state index is 11.7. The summed E-state index contributed by atoms with van der Waals surface area (Å²) in [7, 11) is 1.16. The van der Waals surface area contributed by atoms with Crippen molar-refractivity contribution in [2.24, 2.45) is 16.5 Å². The van der Waals surface area contributed by atoms with Gasteiger partial charge in [0, 0.05) is 6.54 Å². The molecule has 0 spiro atoms. The van der Waals surface area contributed by atoms with E-state index < -0.39 is 23.0 Å². The maximum absolute atomic E-state index is 11.7. The van der Waals surface area contributed by atoms with Crippen LogP contribution in [0.3, 0.4) is 0 Å². The summed E-state index contributed by atoms with van der Waals surface area (Å²) >= 11 is 0. The summed E-state index contributed by atoms with van der Waals surface area (Å²) in [6.07, 6.45) is 0.486. The number of rotatable bonds is 9. The van der Waals surface area contributed by atoms with Gasteiger partial charge in [-0.2, -0.15) is 0 Å². The molecule has 0 saturated heterocycles. The van der Waals surface area contributed by atoms with Crippen LogP contribution in [0, 0.1) is 10.1 Å². The van der Waals surface area contributed by atoms with Gasteiger partial charge < -0.3 is 21.5 Å². The first-order chi connectivity index (χ1) is 9.36. The normalized spacial score (nSPS) is 11.1. The van der Waals surface area contributed by atoms with E-state index in [1.807, 2.05) is 5.43 Å². The van der Waals surface area contributed by atoms with Gasteiger partial charge in [-0.3, -0.25) is 14.6 Å². The standard InChI is InChI=1S/C9H18N6O5/c1-20-7(16)5-13-8(17)6(14-15(18)19)3-2-4-12-9(10)11/h6,14H,2-5H2,1H3,(H,13,17)(H4,10,11,12)/t6-/m0/s1. The Kier molecular flexibility index (Phi) is 8.14. The predicted octanol–water partition coefficient (Wildman–Crippen LogP) is -2.52. The second-order valence-corrected chi connectivity index (χ2v) is 3.68. The lowest BCUT2D eigenvalue weighted by molar-refractivity contribution is -0.548. The van der Waals surface area contributed by atoms with E-state index in [9.17, 15) is 19.7 Å². The van der Waals surface area contributed by atoms with Crippen molar-refractivity contribution < 1.29 is 19.4 Å². The lowest BCUT2D eigenvalue weighted by atomic mass is 10.1. The number of nitrogens with one attached hydrogen (secondary N) is 2. The minimum atomic E-state index is -1.09. The van der Waals surface area contributed by atoms with E-state index in [0.29, 0.717) is 6.42 Å². The van der Waals surface area contributed by atoms with E-state index in [2.05, 4.69) is 15.0 Å². The molecule has 114 valence electrons. The Morgan fingerprint density at radius 1 is 1.45 bits per heavy atom. The largest absolute Gasteiger partial charge is 0.468 e. The van der Waals surface area contributed by atoms with Gasteiger partial charge in [0.1, 0.15) is 6.54 Å². The number of nitro groups is 1. The van der Waals surface area contributed by atoms with Gasteiger partial charge in [0.25, 0.3) is 0 Å². The fourth-order valence-electron chi connectivity index (χ4n) is 1.24. The first-order valence-corrected chi connectivity index (χ1v) is 5.67. The molecule has 0 fully saturated rings. The van der Waals surface area contributed by atoms with Crippen molar-refractivity contribution in [3.05, 3.63) is 10.1 Å². The third-order valence-corrected chi connectivity index (χ3v) is 2.16. The number of carbonyl (C=O) groups is 2. The number of esters is 1. The molecule has 0 aromatic heterocycles. The van der Waals surface area contributed by atoms with Crippen LogP contribution in [0.4, 0.5) is 0 Å². The topological polar surface area (TPSA) is 175 Å². The number of nitrogens with two attached hydrogens (primary N) is 2. The van der Waals surface area contributed by atoms with Crippen molar-refractivity contribution >= 4 is 17.8 Å². The number of hydrazine groups is 1. The van der Waals surface area contributed by atoms with Crippen LogP contribution in [-0.2, 0) is 14.3 Å². The molecule has 11 heteroatoms. The van der Waals surface area contributed by atoms with Crippen LogP contribution in [0.5, 0.6) is 0 Å². The van der Waals surface area contributed by atoms with E-state index in [1.54, 1.807) is 0 Å². The monoisotopic (exact) mass is 290 g/mol. The Hall–Kier alpha value is -2.59. The Morgan fingerprint density at radius 3 is 2.60 bits per heavy atom. The fourth-order valence-corrected chi connectivity index (χ4v) is 1.24. The molecule has 20 heavy (non-hydrogen) atoms. The molecule has 0 rings (SSSR count). The first-order valence-electron chi connectivity index (χ1n) is 5.67. The number of aliphatic imine (C=N–C) groups is 1. The average Bonchev–Trinajstić information content (AvgIpc) is 2.38. The van der Waals surface area contributed by atoms with E-state index in [1.165, 1.54) is 0 Å². The van der Waals surface area contributed by atoms with Crippen molar-refractivity contribution in [2.45, 2.75) is 18.9 Å². The molecule has 0 aromatic rings. The summed E-state index contributed by atoms with van der Waals surface area (Å²) < 4.78 is 4.33. The molecular formula is C9H18N6O5. The summed E-state index contributed by atoms with van der Waals surface area (Å²) in [6, 6.07) is -1.09. The van der Waals surface area contributed by atoms with Crippen molar-refractivity contribution in [1.29, 1.82) is 0 Å². The second-order valence-electron chi connectivity index (χ2n) is 3.68. The Morgan fingerprint density at radius 2 is 2.10 bits per heavy atom. The van der Waals surface area contributed by atoms with Gasteiger partial charge in [-0.05, 0) is 12.8 Å². The number of guanidine groups is 1. The Bertz CT molecular complexity index is 381. The Balaban J connectivity index is 4.31. The van der Waals surface area contributed by atoms with E-state index in [0.717, 1.165) is 7.11 Å². The van der Waals surface area contributed by atoms with Crippen LogP contribution in [0.25, 0.3) is 0 Å². The molecular weight excluding hydrogens is 272 g/mol. The minimum Gasteiger partial charge on any atom is -0.468 e. The molecule has 0 unspecified atom stereocenters. The van der Waals surface area contributed by atoms with Crippen LogP contribution < -0.4 is 22.2 Å². The molecule has 0 aliphatic rings. The van der Waals surface area contributed by atoms with Gasteiger partial charge in [0.15, 0.2) is 17.0 Å². The van der Waals surface area contributed by atoms with Crippen molar-refractivity contribution in [3.8, 4) is 0 Å². The number of nitrogens with zero attached hydrogens (tertiary/aromatic N) is 2. The first kappa shape index (κ1) is 17.4. The maximum Gasteiger partial charge on any atom is 0.325 e. The molecule has 11 nitrogen and oxygen atoms in total. The number of amides is 1. The molecule has 0 aliphatic heterocycles. The lowest BCUT2D eigenvalue weighted by Crippen LogP contribution is -2.47. The highest BCUT2D eigenvalue weighted by molar-refractivity contribution is 5.85. The zero-order valence-electron chi connectivity index (χ0n) is 11.0. The summed E-state index contributed by atoms with van der Waals surface area (Å²) in [5.74, 6) is -1.44. The number of methoxy groups -OCH3 is 1. The van der Waals surface area contributed by atoms with Crippen molar-refractivity contribution in [2.75, 3.05) is 20.2 Å². The smallest absolute Gasteiger partial charge is 0.325 e. The van der Waals surface area contributed by atoms with Gasteiger partial charge in [0.05, 0.1) is 7.11 Å². The molecule has 0 bridgehead atoms. The quantitative estimate of drug-likeness (QED) is 0.0897. The SMILES string of the molecule is COC(=O)CNC(=O)[C@H](CCCN=C(N)N)N[N+](=O)[O-]. The highest BCUT2D eigenvalue weighted by atomic mass is 16.7. The zero-order chi connectivity index (χ0) is 15.5. The predicted molar refractivity (Wildman–Crippen MR) is 68.9 cm³/mol. The van der Waals surface area contributed by atoms with Gasteiger partial charge in [-0.25, -0.2) is 10.1 Å². The highest BCUT2D eigenvalue weighted by Crippen LogP contribution is 1.98. The van der Waals surface area contributed by atoms with Gasteiger partial charge in [0.2, 0.25) is 5.91 Å². The zero-order valence-corrected chi connectivity index (χ0v) is 11.0. The molecule has 0 radical (unpaired) electrons. The molecule has 0 saturated carbocycles. The number of hydrogen-bond donors (Lipinski definition) is 4. The van der Waals surface area contributed by atoms with Crippen LogP contribution >= 0.6 is 0 Å². The van der Waals surface area contributed by atoms with Gasteiger partial charge >= 0.3 is 5.97 Å². The lowest BCUT2D eigenvalue weighted by Gasteiger charge is -2.13. The molecule has 0 aromatic carbocycles. The van der Waals surface area contributed by atoms with E-state index in [4.69, 9.17) is 11.5 Å². The third kappa shape index (κ3) is 8.49. The summed E-state index contributed by atoms with van der Waals surface area (Å²) in [4.78, 5) is 36.6. The molecule has 1 atom stereocenters. The summed E-state index contributed by atoms with van der Waals surface area (Å²) in [5, 5.41) is 11.8. The average molecular weight is 290 g/mol. The summed E-state index contributed by atoms with van der Waals surface area (Å²) in [6.45, 7) is -0.123. The molecule has 0 heterocycles. The number of carbonyl (C=O) groups excluding carboxylic acids is 2. The molecule has 1 amide bonds. The number of ether oxygens (including phenoxy) is 1. The van der Waals surface area contributed by atoms with Crippen LogP contribution in [0.1, 0.15) is 12.8 Å². The third-order valence-electron chi connectivity index (χ3n) is 2.16. The van der Waals surface area contributed by atoms with Crippen LogP contribution in [0.2, 0.25) is 0 Å². The molecule has 0 aliphatic carbocycles. The number of hydrogen-bond acceptors (Lipinski definition) is 6. The van der Waals surface area contributed by atoms with Gasteiger partial charge in [-0.15, -0.1) is 5.43 Å². The highest BCUT2D eigenvalue weighted by Gasteiger charge is 2.22. The second kappa shape index (κ2) is 9.35. The van der Waals surface area contributed by atoms with E-state index >= 15 is 0 Å². The van der Waals surface area contributed by atoms with E-state index in [-0.39, 0.29) is 25.5 Å². The van der Waals surface area contributed by atoms with Crippen LogP contribution in [0.15, 0.2) is 4.99 Å². The summed E-state index contributed by atoms with van der Waals surface area (Å²) in [5.41, 5.74) is 12.1. The Labute approximate surface area is 114 Å². The fraction of sp³-hybridized carbons (Fsp3) is 0.667. The molecule has 6 N–H and O–H groups in total. The van der Waals surface area contributed by atoms with Crippen LogP contribution in [-0.4, -0.2) is 49.1 Å². The van der Waals surface area contributed by atoms with Crippen molar-refractivity contribution in [1.82, 2.24) is 10.7 Å². The minimum absolute atomic E-state index is 0.0982. The van der Waals surface area contributed by atoms with Crippen molar-refractivity contribution in [3.63, 3.8) is 0 Å².